The zero-order valence-electron chi connectivity index (χ0n) is 12.5. The molecule has 0 spiro atoms. The van der Waals surface area contributed by atoms with E-state index in [2.05, 4.69) is 29.4 Å². The highest BCUT2D eigenvalue weighted by molar-refractivity contribution is 5.40. The van der Waals surface area contributed by atoms with Crippen LogP contribution >= 0.6 is 0 Å². The molecule has 1 aliphatic carbocycles. The zero-order valence-corrected chi connectivity index (χ0v) is 12.5. The third kappa shape index (κ3) is 3.15. The Morgan fingerprint density at radius 2 is 2.24 bits per heavy atom. The van der Waals surface area contributed by atoms with Crippen LogP contribution in [0.1, 0.15) is 44.8 Å². The van der Waals surface area contributed by atoms with Crippen LogP contribution in [0.15, 0.2) is 29.3 Å². The van der Waals surface area contributed by atoms with Gasteiger partial charge in [0.2, 0.25) is 0 Å². The molecular formula is C15H21N5O. The molecule has 1 saturated carbocycles. The molecule has 0 aliphatic heterocycles. The van der Waals surface area contributed by atoms with Crippen LogP contribution in [0.2, 0.25) is 0 Å². The Morgan fingerprint density at radius 1 is 1.43 bits per heavy atom. The fourth-order valence-electron chi connectivity index (χ4n) is 2.32. The topological polar surface area (TPSA) is 64.7 Å². The summed E-state index contributed by atoms with van der Waals surface area (Å²) in [6.45, 7) is 4.55. The minimum Gasteiger partial charge on any atom is -0.381 e. The predicted octanol–water partition coefficient (Wildman–Crippen LogP) is 2.03. The maximum atomic E-state index is 12.1. The molecule has 1 aliphatic rings. The molecule has 2 aromatic rings. The lowest BCUT2D eigenvalue weighted by atomic mass is 9.93. The molecule has 1 fully saturated rings. The molecule has 0 radical (unpaired) electrons. The van der Waals surface area contributed by atoms with E-state index in [-0.39, 0.29) is 5.56 Å². The molecule has 112 valence electrons. The molecule has 6 nitrogen and oxygen atoms in total. The molecule has 0 aromatic carbocycles. The molecule has 1 N–H and O–H groups in total. The Kier molecular flexibility index (Phi) is 3.77. The maximum Gasteiger partial charge on any atom is 0.269 e. The highest BCUT2D eigenvalue weighted by Gasteiger charge is 2.17. The summed E-state index contributed by atoms with van der Waals surface area (Å²) in [4.78, 5) is 12.1. The molecule has 0 unspecified atom stereocenters. The smallest absolute Gasteiger partial charge is 0.269 e. The van der Waals surface area contributed by atoms with Crippen molar-refractivity contribution in [3.8, 4) is 0 Å². The molecule has 2 aromatic heterocycles. The number of hydrogen-bond acceptors (Lipinski definition) is 4. The van der Waals surface area contributed by atoms with Crippen LogP contribution in [0.3, 0.4) is 0 Å². The van der Waals surface area contributed by atoms with Gasteiger partial charge in [0, 0.05) is 24.3 Å². The molecule has 0 bridgehead atoms. The molecular weight excluding hydrogens is 266 g/mol. The Labute approximate surface area is 123 Å². The summed E-state index contributed by atoms with van der Waals surface area (Å²) in [6.07, 6.45) is 7.27. The first-order valence-corrected chi connectivity index (χ1v) is 7.49. The zero-order chi connectivity index (χ0) is 14.8. The van der Waals surface area contributed by atoms with Crippen LogP contribution in [0.5, 0.6) is 0 Å². The van der Waals surface area contributed by atoms with Gasteiger partial charge < -0.3 is 5.32 Å². The molecule has 0 saturated heterocycles. The first-order valence-electron chi connectivity index (χ1n) is 7.49. The number of hydrogen-bond donors (Lipinski definition) is 1. The largest absolute Gasteiger partial charge is 0.381 e. The van der Waals surface area contributed by atoms with Gasteiger partial charge in [-0.25, -0.2) is 4.68 Å². The summed E-state index contributed by atoms with van der Waals surface area (Å²) >= 11 is 0. The van der Waals surface area contributed by atoms with Crippen LogP contribution in [-0.4, -0.2) is 25.6 Å². The van der Waals surface area contributed by atoms with E-state index < -0.39 is 0 Å². The van der Waals surface area contributed by atoms with Gasteiger partial charge >= 0.3 is 0 Å². The van der Waals surface area contributed by atoms with E-state index in [0.717, 1.165) is 11.4 Å². The van der Waals surface area contributed by atoms with Crippen molar-refractivity contribution in [3.63, 3.8) is 0 Å². The van der Waals surface area contributed by atoms with Crippen molar-refractivity contribution in [2.45, 2.75) is 51.7 Å². The van der Waals surface area contributed by atoms with Gasteiger partial charge in [-0.05, 0) is 39.2 Å². The Balaban J connectivity index is 1.71. The lowest BCUT2D eigenvalue weighted by molar-refractivity contribution is 0.445. The summed E-state index contributed by atoms with van der Waals surface area (Å²) in [5.41, 5.74) is 1.56. The number of anilines is 1. The lowest BCUT2D eigenvalue weighted by Gasteiger charge is -2.27. The van der Waals surface area contributed by atoms with E-state index in [0.29, 0.717) is 18.6 Å². The fourth-order valence-corrected chi connectivity index (χ4v) is 2.32. The fraction of sp³-hybridized carbons (Fsp3) is 0.533. The van der Waals surface area contributed by atoms with Crippen molar-refractivity contribution >= 4 is 5.69 Å². The summed E-state index contributed by atoms with van der Waals surface area (Å²) in [6, 6.07) is 4.36. The van der Waals surface area contributed by atoms with E-state index >= 15 is 0 Å². The summed E-state index contributed by atoms with van der Waals surface area (Å²) in [5.74, 6) is 0. The molecule has 2 heterocycles. The quantitative estimate of drug-likeness (QED) is 0.914. The normalized spacial score (nSPS) is 15.2. The van der Waals surface area contributed by atoms with Gasteiger partial charge in [-0.1, -0.05) is 0 Å². The number of nitrogens with zero attached hydrogens (tertiary/aromatic N) is 4. The number of rotatable bonds is 5. The Bertz CT molecular complexity index is 669. The molecule has 3 rings (SSSR count). The van der Waals surface area contributed by atoms with Crippen molar-refractivity contribution < 1.29 is 0 Å². The van der Waals surface area contributed by atoms with Crippen LogP contribution in [-0.2, 0) is 6.54 Å². The van der Waals surface area contributed by atoms with E-state index in [1.807, 2.05) is 16.9 Å². The van der Waals surface area contributed by atoms with E-state index in [4.69, 9.17) is 0 Å². The highest BCUT2D eigenvalue weighted by atomic mass is 16.1. The molecule has 6 heteroatoms. The molecule has 0 atom stereocenters. The first kappa shape index (κ1) is 13.9. The Hall–Kier alpha value is -2.11. The van der Waals surface area contributed by atoms with Crippen LogP contribution in [0.25, 0.3) is 0 Å². The van der Waals surface area contributed by atoms with Gasteiger partial charge in [0.25, 0.3) is 5.56 Å². The Morgan fingerprint density at radius 3 is 2.81 bits per heavy atom. The van der Waals surface area contributed by atoms with Crippen LogP contribution in [0, 0.1) is 0 Å². The van der Waals surface area contributed by atoms with Crippen molar-refractivity contribution in [3.05, 3.63) is 40.6 Å². The highest BCUT2D eigenvalue weighted by Crippen LogP contribution is 2.22. The maximum absolute atomic E-state index is 12.1. The summed E-state index contributed by atoms with van der Waals surface area (Å²) in [7, 11) is 0. The van der Waals surface area contributed by atoms with E-state index in [9.17, 15) is 4.79 Å². The second-order valence-corrected chi connectivity index (χ2v) is 5.89. The molecule has 0 amide bonds. The summed E-state index contributed by atoms with van der Waals surface area (Å²) < 4.78 is 3.33. The SMILES string of the molecule is CC(C)n1ccc(Cn2ncc(NC3CCC3)cc2=O)n1. The third-order valence-electron chi connectivity index (χ3n) is 3.85. The van der Waals surface area contributed by atoms with E-state index in [1.165, 1.54) is 23.9 Å². The number of nitrogens with one attached hydrogen (secondary N) is 1. The standard InChI is InChI=1S/C15H21N5O/c1-11(2)19-7-6-13(18-19)10-20-15(21)8-14(9-16-20)17-12-4-3-5-12/h6-9,11-12,17H,3-5,10H2,1-2H3. The van der Waals surface area contributed by atoms with Crippen molar-refractivity contribution in [2.75, 3.05) is 5.32 Å². The van der Waals surface area contributed by atoms with Crippen molar-refractivity contribution in [2.24, 2.45) is 0 Å². The van der Waals surface area contributed by atoms with Crippen molar-refractivity contribution in [1.82, 2.24) is 19.6 Å². The lowest BCUT2D eigenvalue weighted by Crippen LogP contribution is -2.29. The van der Waals surface area contributed by atoms with Gasteiger partial charge in [0.15, 0.2) is 0 Å². The van der Waals surface area contributed by atoms with E-state index in [1.54, 1.807) is 12.3 Å². The monoisotopic (exact) mass is 287 g/mol. The van der Waals surface area contributed by atoms with Crippen LogP contribution in [0.4, 0.5) is 5.69 Å². The van der Waals surface area contributed by atoms with Crippen molar-refractivity contribution in [1.29, 1.82) is 0 Å². The predicted molar refractivity (Wildman–Crippen MR) is 81.5 cm³/mol. The molecule has 21 heavy (non-hydrogen) atoms. The number of aromatic nitrogens is 4. The van der Waals surface area contributed by atoms with Gasteiger partial charge in [0.1, 0.15) is 0 Å². The second-order valence-electron chi connectivity index (χ2n) is 5.89. The second kappa shape index (κ2) is 5.71. The van der Waals surface area contributed by atoms with Gasteiger partial charge in [-0.2, -0.15) is 10.2 Å². The van der Waals surface area contributed by atoms with Gasteiger partial charge in [-0.3, -0.25) is 9.48 Å². The first-order chi connectivity index (χ1) is 10.1. The average molecular weight is 287 g/mol. The summed E-state index contributed by atoms with van der Waals surface area (Å²) in [5, 5.41) is 12.0. The average Bonchev–Trinajstić information content (AvgIpc) is 2.86. The third-order valence-corrected chi connectivity index (χ3v) is 3.85. The van der Waals surface area contributed by atoms with Crippen LogP contribution < -0.4 is 10.9 Å². The van der Waals surface area contributed by atoms with Gasteiger partial charge in [-0.15, -0.1) is 0 Å². The minimum atomic E-state index is -0.0987. The van der Waals surface area contributed by atoms with Gasteiger partial charge in [0.05, 0.1) is 24.1 Å². The minimum absolute atomic E-state index is 0.0987.